The second-order valence-electron chi connectivity index (χ2n) is 10.5. The maximum absolute atomic E-state index is 13.3. The van der Waals surface area contributed by atoms with Crippen LogP contribution in [0.4, 0.5) is 0 Å². The Hall–Kier alpha value is -3.12. The molecule has 2 aromatic rings. The third-order valence-electron chi connectivity index (χ3n) is 6.36. The smallest absolute Gasteiger partial charge is 0.295 e. The molecule has 0 spiro atoms. The van der Waals surface area contributed by atoms with Gasteiger partial charge in [-0.05, 0) is 67.7 Å². The number of carbonyl (C=O) groups is 2. The van der Waals surface area contributed by atoms with Gasteiger partial charge in [-0.15, -0.1) is 0 Å². The average Bonchev–Trinajstić information content (AvgIpc) is 3.05. The van der Waals surface area contributed by atoms with Gasteiger partial charge in [-0.1, -0.05) is 52.0 Å². The van der Waals surface area contributed by atoms with Gasteiger partial charge in [0, 0.05) is 18.7 Å². The third kappa shape index (κ3) is 5.76. The van der Waals surface area contributed by atoms with E-state index >= 15 is 0 Å². The number of ketones is 1. The Morgan fingerprint density at radius 3 is 2.31 bits per heavy atom. The van der Waals surface area contributed by atoms with Crippen LogP contribution in [0.25, 0.3) is 5.76 Å². The number of Topliss-reactive ketones (excluding diaryl/α,β-unsaturated/α-hetero) is 1. The summed E-state index contributed by atoms with van der Waals surface area (Å²) in [6.45, 7) is 11.8. The van der Waals surface area contributed by atoms with Crippen molar-refractivity contribution < 1.29 is 19.4 Å². The van der Waals surface area contributed by atoms with Crippen molar-refractivity contribution in [3.05, 3.63) is 70.3 Å². The Morgan fingerprint density at radius 1 is 1.09 bits per heavy atom. The lowest BCUT2D eigenvalue weighted by Crippen LogP contribution is -2.35. The number of amides is 1. The fourth-order valence-corrected chi connectivity index (χ4v) is 4.22. The Bertz CT molecular complexity index is 1110. The molecular weight excluding hydrogens is 440 g/mol. The van der Waals surface area contributed by atoms with Crippen molar-refractivity contribution in [2.45, 2.75) is 52.5 Å². The quantitative estimate of drug-likeness (QED) is 0.326. The minimum absolute atomic E-state index is 0.129. The maximum atomic E-state index is 13.3. The molecule has 1 unspecified atom stereocenters. The zero-order valence-corrected chi connectivity index (χ0v) is 22.0. The van der Waals surface area contributed by atoms with Crippen LogP contribution >= 0.6 is 0 Å². The number of aliphatic hydroxyl groups excluding tert-OH is 1. The monoisotopic (exact) mass is 478 g/mol. The van der Waals surface area contributed by atoms with E-state index in [0.29, 0.717) is 25.3 Å². The first-order valence-electron chi connectivity index (χ1n) is 12.2. The fraction of sp³-hybridized carbons (Fsp3) is 0.448. The molecule has 0 bridgehead atoms. The molecule has 1 fully saturated rings. The summed E-state index contributed by atoms with van der Waals surface area (Å²) in [5.74, 6) is -0.641. The van der Waals surface area contributed by atoms with Gasteiger partial charge in [0.05, 0.1) is 18.2 Å². The SMILES string of the molecule is CCCOc1ccc(C2/C(=C(\O)c3cc(C(C)(C)C)ccc3C)C(=O)C(=O)N2CCN(C)C)cc1. The van der Waals surface area contributed by atoms with Gasteiger partial charge in [-0.3, -0.25) is 9.59 Å². The van der Waals surface area contributed by atoms with E-state index in [1.807, 2.05) is 75.3 Å². The lowest BCUT2D eigenvalue weighted by atomic mass is 9.84. The van der Waals surface area contributed by atoms with Crippen LogP contribution < -0.4 is 4.74 Å². The molecule has 188 valence electrons. The van der Waals surface area contributed by atoms with Gasteiger partial charge in [0.15, 0.2) is 0 Å². The van der Waals surface area contributed by atoms with Crippen LogP contribution in [0.2, 0.25) is 0 Å². The van der Waals surface area contributed by atoms with E-state index in [9.17, 15) is 14.7 Å². The molecule has 6 heteroatoms. The molecule has 35 heavy (non-hydrogen) atoms. The molecule has 0 radical (unpaired) electrons. The zero-order valence-electron chi connectivity index (χ0n) is 22.0. The number of hydrogen-bond donors (Lipinski definition) is 1. The highest BCUT2D eigenvalue weighted by atomic mass is 16.5. The van der Waals surface area contributed by atoms with Gasteiger partial charge in [0.25, 0.3) is 11.7 Å². The predicted octanol–water partition coefficient (Wildman–Crippen LogP) is 5.06. The summed E-state index contributed by atoms with van der Waals surface area (Å²) in [5.41, 5.74) is 3.23. The van der Waals surface area contributed by atoms with E-state index < -0.39 is 17.7 Å². The second kappa shape index (κ2) is 10.6. The molecule has 1 aliphatic rings. The number of nitrogens with zero attached hydrogens (tertiary/aromatic N) is 2. The summed E-state index contributed by atoms with van der Waals surface area (Å²) in [6, 6.07) is 12.7. The van der Waals surface area contributed by atoms with E-state index in [0.717, 1.165) is 28.9 Å². The highest BCUT2D eigenvalue weighted by molar-refractivity contribution is 6.46. The minimum atomic E-state index is -0.673. The van der Waals surface area contributed by atoms with Crippen LogP contribution in [-0.2, 0) is 15.0 Å². The van der Waals surface area contributed by atoms with E-state index in [2.05, 4.69) is 20.8 Å². The highest BCUT2D eigenvalue weighted by Crippen LogP contribution is 2.40. The highest BCUT2D eigenvalue weighted by Gasteiger charge is 2.46. The first kappa shape index (κ1) is 26.5. The summed E-state index contributed by atoms with van der Waals surface area (Å²) >= 11 is 0. The van der Waals surface area contributed by atoms with E-state index in [1.165, 1.54) is 0 Å². The van der Waals surface area contributed by atoms with Crippen molar-refractivity contribution in [2.75, 3.05) is 33.8 Å². The number of rotatable bonds is 8. The molecular formula is C29H38N2O4. The number of likely N-dealkylation sites (N-methyl/N-ethyl adjacent to an activating group) is 1. The normalized spacial score (nSPS) is 17.9. The van der Waals surface area contributed by atoms with Gasteiger partial charge >= 0.3 is 0 Å². The standard InChI is InChI=1S/C29H38N2O4/c1-8-17-35-22-13-10-20(11-14-22)25-24(27(33)28(34)31(25)16-15-30(6)7)26(32)23-18-21(29(3,4)5)12-9-19(23)2/h9-14,18,25,32H,8,15-17H2,1-7H3/b26-24+. The molecule has 1 heterocycles. The van der Waals surface area contributed by atoms with Crippen LogP contribution in [-0.4, -0.2) is 60.4 Å². The largest absolute Gasteiger partial charge is 0.507 e. The summed E-state index contributed by atoms with van der Waals surface area (Å²) in [7, 11) is 3.85. The van der Waals surface area contributed by atoms with Crippen LogP contribution in [0.1, 0.15) is 62.4 Å². The van der Waals surface area contributed by atoms with Gasteiger partial charge < -0.3 is 19.6 Å². The summed E-state index contributed by atoms with van der Waals surface area (Å²) < 4.78 is 5.71. The fourth-order valence-electron chi connectivity index (χ4n) is 4.22. The first-order valence-corrected chi connectivity index (χ1v) is 12.2. The maximum Gasteiger partial charge on any atom is 0.295 e. The Morgan fingerprint density at radius 2 is 1.74 bits per heavy atom. The third-order valence-corrected chi connectivity index (χ3v) is 6.36. The molecule has 0 aromatic heterocycles. The van der Waals surface area contributed by atoms with Crippen LogP contribution in [0.3, 0.4) is 0 Å². The first-order chi connectivity index (χ1) is 16.5. The minimum Gasteiger partial charge on any atom is -0.507 e. The zero-order chi connectivity index (χ0) is 25.9. The van der Waals surface area contributed by atoms with Crippen molar-refractivity contribution >= 4 is 17.4 Å². The Labute approximate surface area is 209 Å². The van der Waals surface area contributed by atoms with E-state index in [-0.39, 0.29) is 16.7 Å². The molecule has 1 N–H and O–H groups in total. The predicted molar refractivity (Wildman–Crippen MR) is 140 cm³/mol. The lowest BCUT2D eigenvalue weighted by molar-refractivity contribution is -0.140. The van der Waals surface area contributed by atoms with Gasteiger partial charge in [-0.25, -0.2) is 0 Å². The average molecular weight is 479 g/mol. The summed E-state index contributed by atoms with van der Waals surface area (Å²) in [5, 5.41) is 11.5. The number of likely N-dealkylation sites (tertiary alicyclic amines) is 1. The van der Waals surface area contributed by atoms with Crippen LogP contribution in [0.5, 0.6) is 5.75 Å². The van der Waals surface area contributed by atoms with E-state index in [1.54, 1.807) is 4.90 Å². The number of carbonyl (C=O) groups excluding carboxylic acids is 2. The second-order valence-corrected chi connectivity index (χ2v) is 10.5. The topological polar surface area (TPSA) is 70.1 Å². The Kier molecular flexibility index (Phi) is 8.06. The molecule has 1 atom stereocenters. The molecule has 1 saturated heterocycles. The molecule has 1 amide bonds. The van der Waals surface area contributed by atoms with Crippen LogP contribution in [0, 0.1) is 6.92 Å². The van der Waals surface area contributed by atoms with Crippen molar-refractivity contribution in [1.82, 2.24) is 9.80 Å². The van der Waals surface area contributed by atoms with Gasteiger partial charge in [0.2, 0.25) is 0 Å². The molecule has 1 aliphatic heterocycles. The van der Waals surface area contributed by atoms with Crippen molar-refractivity contribution in [1.29, 1.82) is 0 Å². The molecule has 3 rings (SSSR count). The molecule has 0 saturated carbocycles. The number of aliphatic hydroxyl groups is 1. The van der Waals surface area contributed by atoms with Crippen molar-refractivity contribution in [2.24, 2.45) is 0 Å². The summed E-state index contributed by atoms with van der Waals surface area (Å²) in [4.78, 5) is 30.0. The van der Waals surface area contributed by atoms with Gasteiger partial charge in [0.1, 0.15) is 11.5 Å². The van der Waals surface area contributed by atoms with Crippen molar-refractivity contribution in [3.8, 4) is 5.75 Å². The molecule has 0 aliphatic carbocycles. The number of benzene rings is 2. The van der Waals surface area contributed by atoms with E-state index in [4.69, 9.17) is 4.74 Å². The van der Waals surface area contributed by atoms with Gasteiger partial charge in [-0.2, -0.15) is 0 Å². The molecule has 2 aromatic carbocycles. The molecule has 6 nitrogen and oxygen atoms in total. The lowest BCUT2D eigenvalue weighted by Gasteiger charge is -2.27. The number of aryl methyl sites for hydroxylation is 1. The number of ether oxygens (including phenoxy) is 1. The van der Waals surface area contributed by atoms with Crippen LogP contribution in [0.15, 0.2) is 48.0 Å². The number of hydrogen-bond acceptors (Lipinski definition) is 5. The summed E-state index contributed by atoms with van der Waals surface area (Å²) in [6.07, 6.45) is 0.902. The Balaban J connectivity index is 2.16. The van der Waals surface area contributed by atoms with Crippen molar-refractivity contribution in [3.63, 3.8) is 0 Å².